The summed E-state index contributed by atoms with van der Waals surface area (Å²) >= 11 is 0. The molecule has 0 heterocycles. The van der Waals surface area contributed by atoms with Crippen LogP contribution in [-0.2, 0) is 22.4 Å². The topological polar surface area (TPSA) is 48.0 Å². The van der Waals surface area contributed by atoms with E-state index in [2.05, 4.69) is 4.74 Å². The number of carbonyl (C=O) groups is 1. The van der Waals surface area contributed by atoms with Crippen LogP contribution >= 0.6 is 0 Å². The number of ether oxygens (including phenoxy) is 3. The van der Waals surface area contributed by atoms with Gasteiger partial charge in [-0.25, -0.2) is 4.79 Å². The first-order valence-corrected chi connectivity index (χ1v) is 9.92. The number of methoxy groups -OCH3 is 1. The summed E-state index contributed by atoms with van der Waals surface area (Å²) in [5.74, 6) is -0.772. The maximum Gasteiger partial charge on any atom is 0.490 e. The van der Waals surface area contributed by atoms with Crippen LogP contribution in [0, 0.1) is 0 Å². The summed E-state index contributed by atoms with van der Waals surface area (Å²) in [4.78, 5) is 12.8. The van der Waals surface area contributed by atoms with Crippen LogP contribution in [0.3, 0.4) is 0 Å². The Kier molecular flexibility index (Phi) is 8.74. The first-order valence-electron chi connectivity index (χ1n) is 9.92. The van der Waals surface area contributed by atoms with Crippen molar-refractivity contribution >= 4 is 5.97 Å². The Balaban J connectivity index is 2.06. The zero-order valence-electron chi connectivity index (χ0n) is 18.1. The summed E-state index contributed by atoms with van der Waals surface area (Å²) < 4.78 is 53.2. The van der Waals surface area contributed by atoms with Gasteiger partial charge in [0.05, 0.1) is 7.11 Å². The summed E-state index contributed by atoms with van der Waals surface area (Å²) in [6, 6.07) is 15.3. The molecule has 0 bridgehead atoms. The monoisotopic (exact) mass is 439 g/mol. The Morgan fingerprint density at radius 3 is 2.42 bits per heavy atom. The molecule has 0 saturated carbocycles. The number of benzene rings is 2. The molecule has 1 unspecified atom stereocenters. The molecule has 2 aromatic rings. The Bertz CT molecular complexity index is 855. The van der Waals surface area contributed by atoms with E-state index >= 15 is 0 Å². The predicted molar refractivity (Wildman–Crippen MR) is 111 cm³/mol. The summed E-state index contributed by atoms with van der Waals surface area (Å²) in [6.45, 7) is 1.41. The fourth-order valence-corrected chi connectivity index (χ4v) is 3.02. The number of para-hydroxylation sites is 1. The third-order valence-corrected chi connectivity index (χ3v) is 4.70. The first kappa shape index (κ1) is 24.5. The molecule has 8 heteroatoms. The molecular weight excluding hydrogens is 411 g/mol. The molecular formula is C23H28F3NO4. The molecule has 0 fully saturated rings. The molecule has 2 atom stereocenters. The van der Waals surface area contributed by atoms with Crippen molar-refractivity contribution in [2.45, 2.75) is 44.7 Å². The lowest BCUT2D eigenvalue weighted by molar-refractivity contribution is -0.205. The summed E-state index contributed by atoms with van der Waals surface area (Å²) in [5, 5.41) is 0. The second-order valence-corrected chi connectivity index (χ2v) is 7.44. The number of esters is 1. The Morgan fingerprint density at radius 1 is 1.06 bits per heavy atom. The van der Waals surface area contributed by atoms with Gasteiger partial charge in [0.1, 0.15) is 17.6 Å². The van der Waals surface area contributed by atoms with Crippen molar-refractivity contribution in [3.8, 4) is 11.5 Å². The summed E-state index contributed by atoms with van der Waals surface area (Å²) in [6.07, 6.45) is -5.00. The molecule has 31 heavy (non-hydrogen) atoms. The molecule has 0 spiro atoms. The van der Waals surface area contributed by atoms with Crippen molar-refractivity contribution < 1.29 is 32.2 Å². The second kappa shape index (κ2) is 11.0. The van der Waals surface area contributed by atoms with Crippen LogP contribution < -0.4 is 9.47 Å². The molecule has 0 aromatic heterocycles. The highest BCUT2D eigenvalue weighted by atomic mass is 19.4. The maximum absolute atomic E-state index is 12.5. The van der Waals surface area contributed by atoms with E-state index in [1.54, 1.807) is 26.1 Å². The van der Waals surface area contributed by atoms with Crippen molar-refractivity contribution in [3.05, 3.63) is 59.7 Å². The third kappa shape index (κ3) is 7.79. The molecule has 0 radical (unpaired) electrons. The largest absolute Gasteiger partial charge is 0.497 e. The van der Waals surface area contributed by atoms with Crippen LogP contribution in [0.1, 0.15) is 24.5 Å². The van der Waals surface area contributed by atoms with Gasteiger partial charge in [0, 0.05) is 6.42 Å². The van der Waals surface area contributed by atoms with Gasteiger partial charge in [-0.05, 0) is 63.2 Å². The van der Waals surface area contributed by atoms with Crippen LogP contribution in [0.5, 0.6) is 11.5 Å². The van der Waals surface area contributed by atoms with Crippen LogP contribution in [0.25, 0.3) is 0 Å². The number of hydrogen-bond donors (Lipinski definition) is 0. The molecule has 2 rings (SSSR count). The van der Waals surface area contributed by atoms with E-state index in [0.717, 1.165) is 23.3 Å². The number of aryl methyl sites for hydroxylation is 2. The van der Waals surface area contributed by atoms with E-state index in [1.807, 2.05) is 48.5 Å². The molecule has 0 aliphatic carbocycles. The van der Waals surface area contributed by atoms with Gasteiger partial charge >= 0.3 is 12.1 Å². The average Bonchev–Trinajstić information content (AvgIpc) is 2.71. The highest BCUT2D eigenvalue weighted by Crippen LogP contribution is 2.25. The van der Waals surface area contributed by atoms with E-state index in [-0.39, 0.29) is 6.42 Å². The molecule has 2 aromatic carbocycles. The highest BCUT2D eigenvalue weighted by molar-refractivity contribution is 5.75. The minimum Gasteiger partial charge on any atom is -0.497 e. The van der Waals surface area contributed by atoms with Gasteiger partial charge in [0.2, 0.25) is 0 Å². The number of halogens is 3. The number of alkyl halides is 3. The Morgan fingerprint density at radius 2 is 1.77 bits per heavy atom. The van der Waals surface area contributed by atoms with Gasteiger partial charge in [0.15, 0.2) is 6.23 Å². The first-order chi connectivity index (χ1) is 14.6. The minimum absolute atomic E-state index is 0.0824. The molecule has 5 nitrogen and oxygen atoms in total. The van der Waals surface area contributed by atoms with E-state index in [4.69, 9.17) is 9.47 Å². The molecule has 0 aliphatic heterocycles. The van der Waals surface area contributed by atoms with E-state index in [9.17, 15) is 18.0 Å². The number of carbonyl (C=O) groups excluding carboxylic acids is 1. The SMILES string of the molecule is COc1cccc(CCc2ccccc2O[C@@H](CC(C)OC(=O)C(F)(F)F)N(C)C)c1. The van der Waals surface area contributed by atoms with Gasteiger partial charge in [-0.15, -0.1) is 0 Å². The van der Waals surface area contributed by atoms with Gasteiger partial charge in [-0.2, -0.15) is 13.2 Å². The van der Waals surface area contributed by atoms with Crippen molar-refractivity contribution in [2.24, 2.45) is 0 Å². The average molecular weight is 439 g/mol. The van der Waals surface area contributed by atoms with Crippen molar-refractivity contribution in [1.29, 1.82) is 0 Å². The van der Waals surface area contributed by atoms with Gasteiger partial charge in [0.25, 0.3) is 0 Å². The van der Waals surface area contributed by atoms with E-state index in [1.165, 1.54) is 6.92 Å². The molecule has 0 saturated heterocycles. The Hall–Kier alpha value is -2.74. The zero-order valence-corrected chi connectivity index (χ0v) is 18.1. The van der Waals surface area contributed by atoms with Crippen molar-refractivity contribution in [1.82, 2.24) is 4.90 Å². The van der Waals surface area contributed by atoms with Gasteiger partial charge in [-0.3, -0.25) is 4.90 Å². The fraction of sp³-hybridized carbons (Fsp3) is 0.435. The van der Waals surface area contributed by atoms with Gasteiger partial charge in [-0.1, -0.05) is 30.3 Å². The van der Waals surface area contributed by atoms with Crippen LogP contribution in [0.2, 0.25) is 0 Å². The van der Waals surface area contributed by atoms with Gasteiger partial charge < -0.3 is 14.2 Å². The molecule has 170 valence electrons. The van der Waals surface area contributed by atoms with Crippen LogP contribution in [0.15, 0.2) is 48.5 Å². The lowest BCUT2D eigenvalue weighted by Gasteiger charge is -2.28. The standard InChI is InChI=1S/C23H28F3NO4/c1-16(30-22(28)23(24,25)26)14-21(27(2)3)31-20-11-6-5-9-18(20)13-12-17-8-7-10-19(15-17)29-4/h5-11,15-16,21H,12-14H2,1-4H3/t16?,21-/m0/s1. The quantitative estimate of drug-likeness (QED) is 0.399. The third-order valence-electron chi connectivity index (χ3n) is 4.70. The lowest BCUT2D eigenvalue weighted by Crippen LogP contribution is -2.38. The maximum atomic E-state index is 12.5. The summed E-state index contributed by atoms with van der Waals surface area (Å²) in [7, 11) is 5.13. The van der Waals surface area contributed by atoms with E-state index < -0.39 is 24.5 Å². The summed E-state index contributed by atoms with van der Waals surface area (Å²) in [5.41, 5.74) is 2.09. The lowest BCUT2D eigenvalue weighted by atomic mass is 10.0. The second-order valence-electron chi connectivity index (χ2n) is 7.44. The van der Waals surface area contributed by atoms with Crippen molar-refractivity contribution in [3.63, 3.8) is 0 Å². The number of rotatable bonds is 10. The normalized spacial score (nSPS) is 13.5. The minimum atomic E-state index is -5.02. The molecule has 0 aliphatic rings. The fourth-order valence-electron chi connectivity index (χ4n) is 3.02. The number of hydrogen-bond acceptors (Lipinski definition) is 5. The smallest absolute Gasteiger partial charge is 0.490 e. The van der Waals surface area contributed by atoms with Crippen LogP contribution in [0.4, 0.5) is 13.2 Å². The molecule has 0 N–H and O–H groups in total. The zero-order chi connectivity index (χ0) is 23.0. The van der Waals surface area contributed by atoms with Crippen LogP contribution in [-0.4, -0.2) is 50.6 Å². The predicted octanol–water partition coefficient (Wildman–Crippen LogP) is 4.63. The Labute approximate surface area is 180 Å². The van der Waals surface area contributed by atoms with Crippen molar-refractivity contribution in [2.75, 3.05) is 21.2 Å². The number of nitrogens with zero attached hydrogens (tertiary/aromatic N) is 1. The molecule has 0 amide bonds. The van der Waals surface area contributed by atoms with E-state index in [0.29, 0.717) is 12.2 Å². The highest BCUT2D eigenvalue weighted by Gasteiger charge is 2.42.